The molecule has 0 radical (unpaired) electrons. The summed E-state index contributed by atoms with van der Waals surface area (Å²) in [6, 6.07) is 17.8. The number of anilines is 1. The molecule has 2 amide bonds. The third kappa shape index (κ3) is 6.40. The SMILES string of the molecule is O=C(N/N=C\c1ccc(OC(=O)c2ccc(Br)cc2)cc1)C(=O)Nc1cccc(Cl)c1Cl. The molecule has 0 saturated carbocycles. The van der Waals surface area contributed by atoms with E-state index in [2.05, 4.69) is 31.8 Å². The van der Waals surface area contributed by atoms with E-state index in [1.54, 1.807) is 60.7 Å². The lowest BCUT2D eigenvalue weighted by Gasteiger charge is -2.07. The van der Waals surface area contributed by atoms with Gasteiger partial charge in [0.2, 0.25) is 0 Å². The highest BCUT2D eigenvalue weighted by atomic mass is 79.9. The first-order valence-electron chi connectivity index (χ1n) is 8.99. The topological polar surface area (TPSA) is 96.9 Å². The number of halogens is 3. The van der Waals surface area contributed by atoms with Gasteiger partial charge in [-0.1, -0.05) is 45.2 Å². The summed E-state index contributed by atoms with van der Waals surface area (Å²) in [5.41, 5.74) is 3.34. The minimum Gasteiger partial charge on any atom is -0.423 e. The van der Waals surface area contributed by atoms with Crippen molar-refractivity contribution in [1.29, 1.82) is 0 Å². The first-order chi connectivity index (χ1) is 15.3. The van der Waals surface area contributed by atoms with Crippen molar-refractivity contribution < 1.29 is 19.1 Å². The van der Waals surface area contributed by atoms with Gasteiger partial charge in [-0.3, -0.25) is 9.59 Å². The highest BCUT2D eigenvalue weighted by Crippen LogP contribution is 2.29. The number of carbonyl (C=O) groups excluding carboxylic acids is 3. The lowest BCUT2D eigenvalue weighted by molar-refractivity contribution is -0.136. The highest BCUT2D eigenvalue weighted by molar-refractivity contribution is 9.10. The molecule has 0 unspecified atom stereocenters. The van der Waals surface area contributed by atoms with Crippen LogP contribution in [0.5, 0.6) is 5.75 Å². The molecule has 0 bridgehead atoms. The molecule has 3 rings (SSSR count). The largest absolute Gasteiger partial charge is 0.423 e. The first-order valence-corrected chi connectivity index (χ1v) is 10.5. The van der Waals surface area contributed by atoms with Crippen LogP contribution in [0.25, 0.3) is 0 Å². The van der Waals surface area contributed by atoms with Crippen molar-refractivity contribution >= 4 is 68.8 Å². The quantitative estimate of drug-likeness (QED) is 0.157. The summed E-state index contributed by atoms with van der Waals surface area (Å²) >= 11 is 15.1. The number of carbonyl (C=O) groups is 3. The van der Waals surface area contributed by atoms with Gasteiger partial charge in [-0.2, -0.15) is 5.10 Å². The molecule has 0 aliphatic rings. The van der Waals surface area contributed by atoms with E-state index in [0.717, 1.165) is 4.47 Å². The zero-order valence-corrected chi connectivity index (χ0v) is 19.2. The van der Waals surface area contributed by atoms with Gasteiger partial charge in [-0.25, -0.2) is 10.2 Å². The molecule has 10 heteroatoms. The van der Waals surface area contributed by atoms with Gasteiger partial charge in [-0.05, 0) is 66.2 Å². The number of hydrogen-bond donors (Lipinski definition) is 2. The van der Waals surface area contributed by atoms with Crippen molar-refractivity contribution in [2.24, 2.45) is 5.10 Å². The second-order valence-corrected chi connectivity index (χ2v) is 7.92. The van der Waals surface area contributed by atoms with Crippen LogP contribution >= 0.6 is 39.1 Å². The van der Waals surface area contributed by atoms with Crippen LogP contribution in [0.4, 0.5) is 5.69 Å². The highest BCUT2D eigenvalue weighted by Gasteiger charge is 2.15. The number of benzene rings is 3. The van der Waals surface area contributed by atoms with E-state index >= 15 is 0 Å². The summed E-state index contributed by atoms with van der Waals surface area (Å²) < 4.78 is 6.16. The van der Waals surface area contributed by atoms with E-state index in [4.69, 9.17) is 27.9 Å². The summed E-state index contributed by atoms with van der Waals surface area (Å²) in [6.45, 7) is 0. The molecule has 0 aliphatic carbocycles. The van der Waals surface area contributed by atoms with Crippen LogP contribution in [-0.2, 0) is 9.59 Å². The van der Waals surface area contributed by atoms with E-state index in [1.165, 1.54) is 12.3 Å². The molecule has 0 heterocycles. The molecule has 7 nitrogen and oxygen atoms in total. The molecule has 0 saturated heterocycles. The second kappa shape index (κ2) is 10.9. The maximum Gasteiger partial charge on any atom is 0.343 e. The molecule has 2 N–H and O–H groups in total. The maximum absolute atomic E-state index is 12.1. The minimum absolute atomic E-state index is 0.125. The van der Waals surface area contributed by atoms with Crippen LogP contribution in [-0.4, -0.2) is 24.0 Å². The maximum atomic E-state index is 12.1. The number of hydrazone groups is 1. The zero-order chi connectivity index (χ0) is 23.1. The fraction of sp³-hybridized carbons (Fsp3) is 0. The number of amides is 2. The molecule has 0 aliphatic heterocycles. The van der Waals surface area contributed by atoms with E-state index in [-0.39, 0.29) is 15.7 Å². The zero-order valence-electron chi connectivity index (χ0n) is 16.1. The average molecular weight is 535 g/mol. The van der Waals surface area contributed by atoms with Gasteiger partial charge in [0.05, 0.1) is 27.5 Å². The van der Waals surface area contributed by atoms with Crippen molar-refractivity contribution in [2.45, 2.75) is 0 Å². The van der Waals surface area contributed by atoms with E-state index in [1.807, 2.05) is 0 Å². The Morgan fingerprint density at radius 3 is 2.28 bits per heavy atom. The van der Waals surface area contributed by atoms with E-state index in [9.17, 15) is 14.4 Å². The molecule has 3 aromatic carbocycles. The third-order valence-electron chi connectivity index (χ3n) is 3.96. The summed E-state index contributed by atoms with van der Waals surface area (Å²) in [7, 11) is 0. The van der Waals surface area contributed by atoms with Crippen LogP contribution in [0, 0.1) is 0 Å². The third-order valence-corrected chi connectivity index (χ3v) is 5.30. The van der Waals surface area contributed by atoms with Gasteiger partial charge in [0.25, 0.3) is 0 Å². The summed E-state index contributed by atoms with van der Waals surface area (Å²) in [4.78, 5) is 36.0. The van der Waals surface area contributed by atoms with E-state index in [0.29, 0.717) is 16.9 Å². The summed E-state index contributed by atoms with van der Waals surface area (Å²) in [6.07, 6.45) is 1.33. The predicted octanol–water partition coefficient (Wildman–Crippen LogP) is 5.06. The fourth-order valence-electron chi connectivity index (χ4n) is 2.37. The fourth-order valence-corrected chi connectivity index (χ4v) is 2.98. The molecular formula is C22H14BrCl2N3O4. The number of nitrogens with one attached hydrogen (secondary N) is 2. The minimum atomic E-state index is -0.989. The predicted molar refractivity (Wildman–Crippen MR) is 126 cm³/mol. The number of rotatable bonds is 5. The molecular weight excluding hydrogens is 521 g/mol. The van der Waals surface area contributed by atoms with Crippen LogP contribution in [0.15, 0.2) is 76.3 Å². The molecule has 0 spiro atoms. The van der Waals surface area contributed by atoms with Crippen molar-refractivity contribution in [3.8, 4) is 5.75 Å². The van der Waals surface area contributed by atoms with Crippen LogP contribution in [0.3, 0.4) is 0 Å². The van der Waals surface area contributed by atoms with Gasteiger partial charge < -0.3 is 10.1 Å². The molecule has 32 heavy (non-hydrogen) atoms. The van der Waals surface area contributed by atoms with Crippen LogP contribution in [0.2, 0.25) is 10.0 Å². The molecule has 0 fully saturated rings. The lowest BCUT2D eigenvalue weighted by Crippen LogP contribution is -2.32. The Morgan fingerprint density at radius 2 is 1.59 bits per heavy atom. The van der Waals surface area contributed by atoms with E-state index < -0.39 is 17.8 Å². The Kier molecular flexibility index (Phi) is 7.99. The molecule has 0 aromatic heterocycles. The van der Waals surface area contributed by atoms with Gasteiger partial charge >= 0.3 is 17.8 Å². The molecule has 0 atom stereocenters. The Morgan fingerprint density at radius 1 is 0.906 bits per heavy atom. The van der Waals surface area contributed by atoms with Crippen molar-refractivity contribution in [3.63, 3.8) is 0 Å². The Bertz CT molecular complexity index is 1180. The molecule has 162 valence electrons. The number of esters is 1. The van der Waals surface area contributed by atoms with Gasteiger partial charge in [0.1, 0.15) is 5.75 Å². The monoisotopic (exact) mass is 533 g/mol. The standard InChI is InChI=1S/C22H14BrCl2N3O4/c23-15-8-6-14(7-9-15)22(31)32-16-10-4-13(5-11-16)12-26-28-21(30)20(29)27-18-3-1-2-17(24)19(18)25/h1-12H,(H,27,29)(H,28,30)/b26-12-. The van der Waals surface area contributed by atoms with Gasteiger partial charge in [-0.15, -0.1) is 0 Å². The normalized spacial score (nSPS) is 10.6. The number of hydrogen-bond acceptors (Lipinski definition) is 5. The number of nitrogens with zero attached hydrogens (tertiary/aromatic N) is 1. The van der Waals surface area contributed by atoms with Crippen molar-refractivity contribution in [3.05, 3.63) is 92.4 Å². The molecule has 3 aromatic rings. The Labute approximate surface area is 201 Å². The van der Waals surface area contributed by atoms with Gasteiger partial charge in [0, 0.05) is 4.47 Å². The van der Waals surface area contributed by atoms with Crippen LogP contribution < -0.4 is 15.5 Å². The first kappa shape index (κ1) is 23.5. The summed E-state index contributed by atoms with van der Waals surface area (Å²) in [5.74, 6) is -2.09. The van der Waals surface area contributed by atoms with Gasteiger partial charge in [0.15, 0.2) is 0 Å². The van der Waals surface area contributed by atoms with Crippen molar-refractivity contribution in [2.75, 3.05) is 5.32 Å². The second-order valence-electron chi connectivity index (χ2n) is 6.22. The van der Waals surface area contributed by atoms with Crippen molar-refractivity contribution in [1.82, 2.24) is 5.43 Å². The van der Waals surface area contributed by atoms with Crippen LogP contribution in [0.1, 0.15) is 15.9 Å². The lowest BCUT2D eigenvalue weighted by atomic mass is 10.2. The number of ether oxygens (including phenoxy) is 1. The smallest absolute Gasteiger partial charge is 0.343 e. The summed E-state index contributed by atoms with van der Waals surface area (Å²) in [5, 5.41) is 6.45. The average Bonchev–Trinajstić information content (AvgIpc) is 2.78. The Hall–Kier alpha value is -3.20. The Balaban J connectivity index is 1.52.